The molecule has 0 bridgehead atoms. The van der Waals surface area contributed by atoms with E-state index in [9.17, 15) is 9.59 Å². The van der Waals surface area contributed by atoms with E-state index in [1.165, 1.54) is 10.5 Å². The number of anilines is 1. The molecule has 0 radical (unpaired) electrons. The third-order valence-corrected chi connectivity index (χ3v) is 5.89. The van der Waals surface area contributed by atoms with Gasteiger partial charge in [0.2, 0.25) is 0 Å². The molecule has 3 aromatic carbocycles. The Kier molecular flexibility index (Phi) is 6.68. The monoisotopic (exact) mass is 456 g/mol. The summed E-state index contributed by atoms with van der Waals surface area (Å²) in [4.78, 5) is 28.2. The second-order valence-electron chi connectivity index (χ2n) is 8.42. The maximum atomic E-state index is 13.5. The molecule has 1 heterocycles. The summed E-state index contributed by atoms with van der Waals surface area (Å²) in [7, 11) is 3.18. The van der Waals surface area contributed by atoms with E-state index in [1.54, 1.807) is 38.5 Å². The maximum Gasteiger partial charge on any atom is 0.278 e. The van der Waals surface area contributed by atoms with Gasteiger partial charge in [-0.05, 0) is 59.0 Å². The van der Waals surface area contributed by atoms with Crippen molar-refractivity contribution in [2.45, 2.75) is 26.3 Å². The summed E-state index contributed by atoms with van der Waals surface area (Å²) in [5, 5.41) is 3.21. The Hall–Kier alpha value is -4.06. The number of imide groups is 1. The Bertz CT molecular complexity index is 1210. The number of benzene rings is 3. The van der Waals surface area contributed by atoms with Gasteiger partial charge in [-0.3, -0.25) is 14.5 Å². The van der Waals surface area contributed by atoms with Crippen molar-refractivity contribution >= 4 is 23.1 Å². The minimum absolute atomic E-state index is 0.165. The van der Waals surface area contributed by atoms with Crippen LogP contribution in [-0.2, 0) is 16.1 Å². The number of carbonyl (C=O) groups is 2. The summed E-state index contributed by atoms with van der Waals surface area (Å²) >= 11 is 0. The Morgan fingerprint density at radius 2 is 1.32 bits per heavy atom. The van der Waals surface area contributed by atoms with Gasteiger partial charge in [-0.15, -0.1) is 0 Å². The van der Waals surface area contributed by atoms with Crippen molar-refractivity contribution < 1.29 is 19.1 Å². The topological polar surface area (TPSA) is 67.9 Å². The van der Waals surface area contributed by atoms with Gasteiger partial charge in [-0.2, -0.15) is 0 Å². The van der Waals surface area contributed by atoms with Crippen molar-refractivity contribution in [2.24, 2.45) is 0 Å². The highest BCUT2D eigenvalue weighted by Crippen LogP contribution is 2.33. The number of methoxy groups -OCH3 is 2. The van der Waals surface area contributed by atoms with E-state index in [0.29, 0.717) is 28.6 Å². The van der Waals surface area contributed by atoms with Crippen molar-refractivity contribution in [3.05, 3.63) is 95.2 Å². The van der Waals surface area contributed by atoms with E-state index in [0.717, 1.165) is 11.3 Å². The zero-order chi connectivity index (χ0) is 24.2. The molecule has 0 atom stereocenters. The average Bonchev–Trinajstić information content (AvgIpc) is 3.09. The molecule has 4 rings (SSSR count). The Morgan fingerprint density at radius 3 is 1.85 bits per heavy atom. The second-order valence-corrected chi connectivity index (χ2v) is 8.42. The quantitative estimate of drug-likeness (QED) is 0.471. The first-order valence-corrected chi connectivity index (χ1v) is 11.2. The maximum absolute atomic E-state index is 13.5. The van der Waals surface area contributed by atoms with Crippen molar-refractivity contribution in [3.63, 3.8) is 0 Å². The van der Waals surface area contributed by atoms with Gasteiger partial charge in [-0.1, -0.05) is 50.2 Å². The van der Waals surface area contributed by atoms with Crippen molar-refractivity contribution in [2.75, 3.05) is 19.5 Å². The molecule has 0 aliphatic carbocycles. The molecule has 6 heteroatoms. The lowest BCUT2D eigenvalue weighted by Gasteiger charge is -2.16. The third kappa shape index (κ3) is 4.66. The van der Waals surface area contributed by atoms with Crippen LogP contribution in [-0.4, -0.2) is 30.9 Å². The van der Waals surface area contributed by atoms with Crippen molar-refractivity contribution in [1.82, 2.24) is 4.90 Å². The Morgan fingerprint density at radius 1 is 0.765 bits per heavy atom. The molecule has 6 nitrogen and oxygen atoms in total. The van der Waals surface area contributed by atoms with E-state index >= 15 is 0 Å². The number of hydrogen-bond donors (Lipinski definition) is 1. The van der Waals surface area contributed by atoms with Gasteiger partial charge in [-0.25, -0.2) is 0 Å². The molecular weight excluding hydrogens is 428 g/mol. The number of nitrogens with zero attached hydrogens (tertiary/aromatic N) is 1. The minimum Gasteiger partial charge on any atom is -0.497 e. The molecule has 0 aromatic heterocycles. The van der Waals surface area contributed by atoms with E-state index < -0.39 is 0 Å². The first-order chi connectivity index (χ1) is 16.4. The predicted octanol–water partition coefficient (Wildman–Crippen LogP) is 5.22. The third-order valence-electron chi connectivity index (χ3n) is 5.89. The van der Waals surface area contributed by atoms with Crippen LogP contribution in [0.2, 0.25) is 0 Å². The summed E-state index contributed by atoms with van der Waals surface area (Å²) in [5.74, 6) is 1.09. The number of nitrogens with one attached hydrogen (secondary N) is 1. The molecule has 0 saturated carbocycles. The van der Waals surface area contributed by atoms with Gasteiger partial charge in [0.25, 0.3) is 11.8 Å². The fraction of sp³-hybridized carbons (Fsp3) is 0.214. The molecule has 1 N–H and O–H groups in total. The fourth-order valence-corrected chi connectivity index (χ4v) is 3.87. The van der Waals surface area contributed by atoms with Crippen molar-refractivity contribution in [1.29, 1.82) is 0 Å². The molecule has 0 saturated heterocycles. The van der Waals surface area contributed by atoms with Gasteiger partial charge >= 0.3 is 0 Å². The molecule has 34 heavy (non-hydrogen) atoms. The Balaban J connectivity index is 1.69. The minimum atomic E-state index is -0.362. The lowest BCUT2D eigenvalue weighted by Crippen LogP contribution is -2.32. The largest absolute Gasteiger partial charge is 0.497 e. The van der Waals surface area contributed by atoms with Crippen LogP contribution in [0, 0.1) is 0 Å². The number of rotatable bonds is 8. The summed E-state index contributed by atoms with van der Waals surface area (Å²) in [6, 6.07) is 22.4. The number of carbonyl (C=O) groups excluding carboxylic acids is 2. The zero-order valence-corrected chi connectivity index (χ0v) is 19.8. The highest BCUT2D eigenvalue weighted by Gasteiger charge is 2.39. The normalized spacial score (nSPS) is 13.6. The molecule has 1 aliphatic rings. The number of ether oxygens (including phenoxy) is 2. The first-order valence-electron chi connectivity index (χ1n) is 11.2. The van der Waals surface area contributed by atoms with Crippen LogP contribution in [0.25, 0.3) is 5.57 Å². The second kappa shape index (κ2) is 9.83. The molecule has 3 aromatic rings. The van der Waals surface area contributed by atoms with Gasteiger partial charge < -0.3 is 14.8 Å². The Labute approximate surface area is 199 Å². The molecule has 0 fully saturated rings. The molecule has 174 valence electrons. The molecular formula is C28H28N2O4. The smallest absolute Gasteiger partial charge is 0.278 e. The van der Waals surface area contributed by atoms with Crippen LogP contribution < -0.4 is 14.8 Å². The molecule has 0 spiro atoms. The highest BCUT2D eigenvalue weighted by atomic mass is 16.5. The molecule has 2 amide bonds. The zero-order valence-electron chi connectivity index (χ0n) is 19.8. The van der Waals surface area contributed by atoms with Crippen LogP contribution in [0.3, 0.4) is 0 Å². The summed E-state index contributed by atoms with van der Waals surface area (Å²) in [6.07, 6.45) is 0. The van der Waals surface area contributed by atoms with Gasteiger partial charge in [0, 0.05) is 5.69 Å². The SMILES string of the molecule is COc1ccc(CN2C(=O)C(Nc3ccc(C(C)C)cc3)=C(c3ccc(OC)cc3)C2=O)cc1. The number of hydrogen-bond acceptors (Lipinski definition) is 5. The summed E-state index contributed by atoms with van der Waals surface area (Å²) in [6.45, 7) is 4.42. The van der Waals surface area contributed by atoms with Crippen LogP contribution in [0.1, 0.15) is 36.5 Å². The lowest BCUT2D eigenvalue weighted by atomic mass is 10.0. The fourth-order valence-electron chi connectivity index (χ4n) is 3.87. The van der Waals surface area contributed by atoms with Gasteiger partial charge in [0.05, 0.1) is 26.3 Å². The lowest BCUT2D eigenvalue weighted by molar-refractivity contribution is -0.137. The van der Waals surface area contributed by atoms with E-state index in [4.69, 9.17) is 9.47 Å². The summed E-state index contributed by atoms with van der Waals surface area (Å²) < 4.78 is 10.5. The van der Waals surface area contributed by atoms with Gasteiger partial charge in [0.1, 0.15) is 17.2 Å². The molecule has 1 aliphatic heterocycles. The number of amides is 2. The first kappa shape index (κ1) is 23.1. The highest BCUT2D eigenvalue weighted by molar-refractivity contribution is 6.36. The van der Waals surface area contributed by atoms with E-state index in [2.05, 4.69) is 19.2 Å². The van der Waals surface area contributed by atoms with Crippen LogP contribution in [0.5, 0.6) is 11.5 Å². The van der Waals surface area contributed by atoms with Crippen LogP contribution in [0.15, 0.2) is 78.5 Å². The van der Waals surface area contributed by atoms with Crippen LogP contribution in [0.4, 0.5) is 5.69 Å². The standard InChI is InChI=1S/C28H28N2O4/c1-18(2)20-7-11-22(12-8-20)29-26-25(21-9-15-24(34-4)16-10-21)27(31)30(28(26)32)17-19-5-13-23(33-3)14-6-19/h5-16,18,29H,17H2,1-4H3. The van der Waals surface area contributed by atoms with Crippen LogP contribution >= 0.6 is 0 Å². The van der Waals surface area contributed by atoms with Gasteiger partial charge in [0.15, 0.2) is 0 Å². The predicted molar refractivity (Wildman–Crippen MR) is 133 cm³/mol. The van der Waals surface area contributed by atoms with E-state index in [-0.39, 0.29) is 24.1 Å². The van der Waals surface area contributed by atoms with E-state index in [1.807, 2.05) is 48.5 Å². The summed E-state index contributed by atoms with van der Waals surface area (Å²) in [5.41, 5.74) is 4.04. The average molecular weight is 457 g/mol. The molecule has 0 unspecified atom stereocenters. The van der Waals surface area contributed by atoms with Crippen molar-refractivity contribution in [3.8, 4) is 11.5 Å².